The molecule has 1 fully saturated rings. The van der Waals surface area contributed by atoms with Crippen molar-refractivity contribution >= 4 is 22.0 Å². The number of hydrogen-bond donors (Lipinski definition) is 0. The molecule has 1 heteroatoms. The summed E-state index contributed by atoms with van der Waals surface area (Å²) in [7, 11) is 0. The van der Waals surface area contributed by atoms with Crippen molar-refractivity contribution in [2.45, 2.75) is 13.3 Å². The number of halogens is 1. The van der Waals surface area contributed by atoms with Crippen LogP contribution < -0.4 is 0 Å². The second-order valence-corrected chi connectivity index (χ2v) is 4.29. The summed E-state index contributed by atoms with van der Waals surface area (Å²) in [6.45, 7) is 2.27. The van der Waals surface area contributed by atoms with E-state index >= 15 is 0 Å². The Kier molecular flexibility index (Phi) is 2.05. The van der Waals surface area contributed by atoms with E-state index < -0.39 is 0 Å². The molecule has 1 unspecified atom stereocenters. The van der Waals surface area contributed by atoms with Gasteiger partial charge in [0.2, 0.25) is 0 Å². The third-order valence-electron chi connectivity index (χ3n) is 2.24. The van der Waals surface area contributed by atoms with Gasteiger partial charge in [0, 0.05) is 4.47 Å². The van der Waals surface area contributed by atoms with Crippen molar-refractivity contribution in [1.82, 2.24) is 0 Å². The largest absolute Gasteiger partial charge is 0.0659 e. The molecule has 0 aromatic heterocycles. The van der Waals surface area contributed by atoms with Crippen LogP contribution in [0, 0.1) is 5.92 Å². The van der Waals surface area contributed by atoms with Gasteiger partial charge < -0.3 is 0 Å². The predicted molar refractivity (Wildman–Crippen MR) is 55.9 cm³/mol. The Bertz CT molecular complexity index is 308. The molecular formula is C11H11Br. The molecule has 0 radical (unpaired) electrons. The Morgan fingerprint density at radius 1 is 1.33 bits per heavy atom. The minimum atomic E-state index is 0.827. The number of rotatable bonds is 1. The molecule has 0 amide bonds. The van der Waals surface area contributed by atoms with Gasteiger partial charge in [-0.3, -0.25) is 0 Å². The van der Waals surface area contributed by atoms with Crippen molar-refractivity contribution in [2.75, 3.05) is 0 Å². The third-order valence-corrected chi connectivity index (χ3v) is 2.77. The Labute approximate surface area is 81.4 Å². The zero-order chi connectivity index (χ0) is 8.55. The highest BCUT2D eigenvalue weighted by Gasteiger charge is 2.23. The number of allylic oxidation sites excluding steroid dienone is 1. The van der Waals surface area contributed by atoms with Crippen LogP contribution in [0.2, 0.25) is 0 Å². The quantitative estimate of drug-likeness (QED) is 0.677. The summed E-state index contributed by atoms with van der Waals surface area (Å²) in [5.41, 5.74) is 2.90. The van der Waals surface area contributed by atoms with Gasteiger partial charge in [-0.1, -0.05) is 46.6 Å². The average Bonchev–Trinajstić information content (AvgIpc) is 2.72. The van der Waals surface area contributed by atoms with Crippen molar-refractivity contribution in [3.63, 3.8) is 0 Å². The lowest BCUT2D eigenvalue weighted by atomic mass is 10.2. The van der Waals surface area contributed by atoms with Gasteiger partial charge in [0.15, 0.2) is 0 Å². The molecule has 0 spiro atoms. The monoisotopic (exact) mass is 222 g/mol. The first-order chi connectivity index (χ1) is 5.75. The molecule has 0 nitrogen and oxygen atoms in total. The van der Waals surface area contributed by atoms with Crippen molar-refractivity contribution in [3.05, 3.63) is 39.9 Å². The van der Waals surface area contributed by atoms with Gasteiger partial charge in [-0.05, 0) is 30.0 Å². The molecule has 0 heterocycles. The van der Waals surface area contributed by atoms with Crippen molar-refractivity contribution in [1.29, 1.82) is 0 Å². The summed E-state index contributed by atoms with van der Waals surface area (Å²) in [4.78, 5) is 0. The first-order valence-electron chi connectivity index (χ1n) is 4.22. The minimum absolute atomic E-state index is 0.827. The van der Waals surface area contributed by atoms with E-state index in [0.29, 0.717) is 0 Å². The lowest BCUT2D eigenvalue weighted by molar-refractivity contribution is 1.02. The van der Waals surface area contributed by atoms with Gasteiger partial charge in [-0.15, -0.1) is 0 Å². The van der Waals surface area contributed by atoms with Crippen molar-refractivity contribution in [3.8, 4) is 0 Å². The lowest BCUT2D eigenvalue weighted by Crippen LogP contribution is -1.70. The maximum absolute atomic E-state index is 3.42. The zero-order valence-corrected chi connectivity index (χ0v) is 8.64. The molecule has 1 aliphatic carbocycles. The van der Waals surface area contributed by atoms with Crippen LogP contribution in [0.25, 0.3) is 6.08 Å². The average molecular weight is 223 g/mol. The van der Waals surface area contributed by atoms with E-state index in [4.69, 9.17) is 0 Å². The second-order valence-electron chi connectivity index (χ2n) is 3.38. The van der Waals surface area contributed by atoms with Gasteiger partial charge in [-0.25, -0.2) is 0 Å². The second kappa shape index (κ2) is 3.06. The van der Waals surface area contributed by atoms with Gasteiger partial charge in [0.05, 0.1) is 0 Å². The van der Waals surface area contributed by atoms with Crippen LogP contribution >= 0.6 is 15.9 Å². The molecule has 1 aliphatic rings. The summed E-state index contributed by atoms with van der Waals surface area (Å²) in [5, 5.41) is 0. The third kappa shape index (κ3) is 1.78. The van der Waals surface area contributed by atoms with Crippen LogP contribution in [0.1, 0.15) is 18.9 Å². The molecule has 0 N–H and O–H groups in total. The zero-order valence-electron chi connectivity index (χ0n) is 7.05. The fourth-order valence-electron chi connectivity index (χ4n) is 1.27. The molecule has 0 saturated heterocycles. The Hall–Kier alpha value is -0.560. The maximum atomic E-state index is 3.42. The molecule has 1 aromatic carbocycles. The maximum Gasteiger partial charge on any atom is 0.0175 e. The molecule has 1 atom stereocenters. The molecule has 1 saturated carbocycles. The molecule has 2 rings (SSSR count). The summed E-state index contributed by atoms with van der Waals surface area (Å²) >= 11 is 3.42. The highest BCUT2D eigenvalue weighted by atomic mass is 79.9. The van der Waals surface area contributed by atoms with E-state index in [1.165, 1.54) is 12.0 Å². The number of benzene rings is 1. The summed E-state index contributed by atoms with van der Waals surface area (Å²) in [5.74, 6) is 0.827. The van der Waals surface area contributed by atoms with Crippen molar-refractivity contribution < 1.29 is 0 Å². The summed E-state index contributed by atoms with van der Waals surface area (Å²) in [6.07, 6.45) is 3.58. The van der Waals surface area contributed by atoms with E-state index in [-0.39, 0.29) is 0 Å². The van der Waals surface area contributed by atoms with E-state index in [1.807, 2.05) is 0 Å². The van der Waals surface area contributed by atoms with Gasteiger partial charge in [0.25, 0.3) is 0 Å². The van der Waals surface area contributed by atoms with E-state index in [2.05, 4.69) is 53.2 Å². The Balaban J connectivity index is 2.20. The van der Waals surface area contributed by atoms with E-state index in [9.17, 15) is 0 Å². The van der Waals surface area contributed by atoms with Crippen LogP contribution in [0.4, 0.5) is 0 Å². The molecule has 12 heavy (non-hydrogen) atoms. The molecular weight excluding hydrogens is 212 g/mol. The van der Waals surface area contributed by atoms with Gasteiger partial charge in [0.1, 0.15) is 0 Å². The van der Waals surface area contributed by atoms with Crippen LogP contribution in [-0.2, 0) is 0 Å². The van der Waals surface area contributed by atoms with Crippen LogP contribution in [0.5, 0.6) is 0 Å². The highest BCUT2D eigenvalue weighted by molar-refractivity contribution is 9.10. The van der Waals surface area contributed by atoms with Crippen LogP contribution in [0.15, 0.2) is 34.3 Å². The number of hydrogen-bond acceptors (Lipinski definition) is 0. The predicted octanol–water partition coefficient (Wildman–Crippen LogP) is 3.87. The smallest absolute Gasteiger partial charge is 0.0175 e. The topological polar surface area (TPSA) is 0 Å². The first kappa shape index (κ1) is 8.06. The standard InChI is InChI=1S/C11H11Br/c1-8-6-10(8)7-9-2-4-11(12)5-3-9/h2-5,7-8H,6H2,1H3/b10-7-. The highest BCUT2D eigenvalue weighted by Crippen LogP contribution is 2.38. The summed E-state index contributed by atoms with van der Waals surface area (Å²) in [6, 6.07) is 8.45. The van der Waals surface area contributed by atoms with Gasteiger partial charge >= 0.3 is 0 Å². The van der Waals surface area contributed by atoms with E-state index in [0.717, 1.165) is 10.4 Å². The summed E-state index contributed by atoms with van der Waals surface area (Å²) < 4.78 is 1.15. The van der Waals surface area contributed by atoms with Crippen molar-refractivity contribution in [2.24, 2.45) is 5.92 Å². The molecule has 1 aromatic rings. The molecule has 62 valence electrons. The van der Waals surface area contributed by atoms with E-state index in [1.54, 1.807) is 5.57 Å². The van der Waals surface area contributed by atoms with Gasteiger partial charge in [-0.2, -0.15) is 0 Å². The lowest BCUT2D eigenvalue weighted by Gasteiger charge is -1.92. The normalized spacial score (nSPS) is 24.5. The molecule has 0 aliphatic heterocycles. The van der Waals surface area contributed by atoms with Crippen LogP contribution in [0.3, 0.4) is 0 Å². The first-order valence-corrected chi connectivity index (χ1v) is 5.01. The molecule has 0 bridgehead atoms. The SMILES string of the molecule is CC1C/C1=C/c1ccc(Br)cc1. The minimum Gasteiger partial charge on any atom is -0.0659 e. The Morgan fingerprint density at radius 2 is 1.92 bits per heavy atom. The van der Waals surface area contributed by atoms with Crippen LogP contribution in [-0.4, -0.2) is 0 Å². The Morgan fingerprint density at radius 3 is 2.42 bits per heavy atom. The fourth-order valence-corrected chi connectivity index (χ4v) is 1.53. The fraction of sp³-hybridized carbons (Fsp3) is 0.273.